The van der Waals surface area contributed by atoms with E-state index in [1.807, 2.05) is 12.1 Å². The fourth-order valence-electron chi connectivity index (χ4n) is 2.81. The van der Waals surface area contributed by atoms with Crippen LogP contribution in [0.5, 0.6) is 0 Å². The molecular weight excluding hydrogens is 349 g/mol. The van der Waals surface area contributed by atoms with E-state index in [1.54, 1.807) is 0 Å². The predicted molar refractivity (Wildman–Crippen MR) is 78.7 cm³/mol. The summed E-state index contributed by atoms with van der Waals surface area (Å²) in [7, 11) is 0. The molecule has 2 aliphatic rings. The zero-order chi connectivity index (χ0) is 11.8. The van der Waals surface area contributed by atoms with Gasteiger partial charge in [0.05, 0.1) is 17.2 Å². The molecule has 1 aromatic carbocycles. The van der Waals surface area contributed by atoms with Crippen LogP contribution in [0.25, 0.3) is 0 Å². The van der Waals surface area contributed by atoms with Crippen molar-refractivity contribution in [2.45, 2.75) is 31.5 Å². The number of halogens is 2. The SMILES string of the molecule is Clc1cc(NCC2CC3CCC2O3)ccc1I. The smallest absolute Gasteiger partial charge is 0.0625 e. The first-order valence-electron chi connectivity index (χ1n) is 6.07. The van der Waals surface area contributed by atoms with Crippen LogP contribution < -0.4 is 5.32 Å². The van der Waals surface area contributed by atoms with Gasteiger partial charge >= 0.3 is 0 Å². The third kappa shape index (κ3) is 2.56. The Bertz CT molecular complexity index is 426. The van der Waals surface area contributed by atoms with Crippen molar-refractivity contribution in [3.63, 3.8) is 0 Å². The van der Waals surface area contributed by atoms with E-state index < -0.39 is 0 Å². The van der Waals surface area contributed by atoms with E-state index in [0.29, 0.717) is 18.1 Å². The van der Waals surface area contributed by atoms with Crippen LogP contribution in [0, 0.1) is 9.49 Å². The molecule has 2 saturated heterocycles. The van der Waals surface area contributed by atoms with Gasteiger partial charge in [0.25, 0.3) is 0 Å². The second kappa shape index (κ2) is 4.94. The third-order valence-corrected chi connectivity index (χ3v) is 5.29. The fraction of sp³-hybridized carbons (Fsp3) is 0.538. The average Bonchev–Trinajstić information content (AvgIpc) is 2.92. The van der Waals surface area contributed by atoms with Crippen molar-refractivity contribution < 1.29 is 4.74 Å². The minimum absolute atomic E-state index is 0.492. The average molecular weight is 364 g/mol. The van der Waals surface area contributed by atoms with Crippen molar-refractivity contribution in [3.8, 4) is 0 Å². The molecule has 3 atom stereocenters. The maximum Gasteiger partial charge on any atom is 0.0625 e. The molecular formula is C13H15ClINO. The van der Waals surface area contributed by atoms with Gasteiger partial charge in [0.1, 0.15) is 0 Å². The molecule has 0 radical (unpaired) electrons. The minimum Gasteiger partial charge on any atom is -0.385 e. The van der Waals surface area contributed by atoms with E-state index >= 15 is 0 Å². The number of nitrogens with one attached hydrogen (secondary N) is 1. The summed E-state index contributed by atoms with van der Waals surface area (Å²) in [5.74, 6) is 0.673. The molecule has 0 spiro atoms. The number of fused-ring (bicyclic) bond motifs is 2. The van der Waals surface area contributed by atoms with Crippen molar-refractivity contribution in [3.05, 3.63) is 26.8 Å². The molecule has 0 saturated carbocycles. The molecule has 4 heteroatoms. The lowest BCUT2D eigenvalue weighted by Crippen LogP contribution is -2.24. The first kappa shape index (κ1) is 12.1. The maximum absolute atomic E-state index is 6.10. The topological polar surface area (TPSA) is 21.3 Å². The summed E-state index contributed by atoms with van der Waals surface area (Å²) in [5.41, 5.74) is 1.11. The van der Waals surface area contributed by atoms with Crippen LogP contribution in [0.15, 0.2) is 18.2 Å². The molecule has 1 aromatic rings. The molecule has 0 aromatic heterocycles. The molecule has 3 unspecified atom stereocenters. The van der Waals surface area contributed by atoms with Gasteiger partial charge in [-0.05, 0) is 60.1 Å². The predicted octanol–water partition coefficient (Wildman–Crippen LogP) is 3.92. The van der Waals surface area contributed by atoms with E-state index in [-0.39, 0.29) is 0 Å². The molecule has 3 rings (SSSR count). The number of benzene rings is 1. The summed E-state index contributed by atoms with van der Waals surface area (Å²) >= 11 is 8.34. The molecule has 0 aliphatic carbocycles. The Morgan fingerprint density at radius 3 is 2.94 bits per heavy atom. The summed E-state index contributed by atoms with van der Waals surface area (Å²) in [6.45, 7) is 0.998. The summed E-state index contributed by atoms with van der Waals surface area (Å²) in [5, 5.41) is 4.29. The van der Waals surface area contributed by atoms with Crippen LogP contribution in [-0.4, -0.2) is 18.8 Å². The number of hydrogen-bond acceptors (Lipinski definition) is 2. The highest BCUT2D eigenvalue weighted by Crippen LogP contribution is 2.38. The summed E-state index contributed by atoms with van der Waals surface area (Å²) in [4.78, 5) is 0. The molecule has 1 N–H and O–H groups in total. The van der Waals surface area contributed by atoms with Crippen molar-refractivity contribution in [2.75, 3.05) is 11.9 Å². The Morgan fingerprint density at radius 1 is 1.41 bits per heavy atom. The summed E-state index contributed by atoms with van der Waals surface area (Å²) in [6, 6.07) is 6.13. The number of rotatable bonds is 3. The fourth-order valence-corrected chi connectivity index (χ4v) is 3.33. The van der Waals surface area contributed by atoms with Crippen molar-refractivity contribution in [2.24, 2.45) is 5.92 Å². The van der Waals surface area contributed by atoms with Crippen molar-refractivity contribution >= 4 is 39.9 Å². The second-order valence-electron chi connectivity index (χ2n) is 4.88. The maximum atomic E-state index is 6.10. The molecule has 2 nitrogen and oxygen atoms in total. The Kier molecular flexibility index (Phi) is 3.50. The van der Waals surface area contributed by atoms with Gasteiger partial charge in [0.2, 0.25) is 0 Å². The van der Waals surface area contributed by atoms with Gasteiger partial charge in [-0.1, -0.05) is 11.6 Å². The van der Waals surface area contributed by atoms with Gasteiger partial charge in [-0.2, -0.15) is 0 Å². The van der Waals surface area contributed by atoms with Crippen LogP contribution >= 0.6 is 34.2 Å². The molecule has 2 aliphatic heterocycles. The summed E-state index contributed by atoms with van der Waals surface area (Å²) in [6.07, 6.45) is 4.75. The lowest BCUT2D eigenvalue weighted by molar-refractivity contribution is 0.0941. The first-order chi connectivity index (χ1) is 8.22. The lowest BCUT2D eigenvalue weighted by atomic mass is 9.89. The second-order valence-corrected chi connectivity index (χ2v) is 6.45. The van der Waals surface area contributed by atoms with Crippen LogP contribution in [-0.2, 0) is 4.74 Å². The van der Waals surface area contributed by atoms with Gasteiger partial charge in [-0.25, -0.2) is 0 Å². The Hall–Kier alpha value is -0.000000000000000111. The number of ether oxygens (including phenoxy) is 1. The number of hydrogen-bond donors (Lipinski definition) is 1. The molecule has 2 heterocycles. The molecule has 2 bridgehead atoms. The van der Waals surface area contributed by atoms with Crippen LogP contribution in [0.2, 0.25) is 5.02 Å². The van der Waals surface area contributed by atoms with E-state index in [2.05, 4.69) is 34.0 Å². The highest BCUT2D eigenvalue weighted by atomic mass is 127. The zero-order valence-electron chi connectivity index (χ0n) is 9.46. The van der Waals surface area contributed by atoms with Gasteiger partial charge in [0, 0.05) is 21.7 Å². The van der Waals surface area contributed by atoms with E-state index in [4.69, 9.17) is 16.3 Å². The van der Waals surface area contributed by atoms with Crippen LogP contribution in [0.3, 0.4) is 0 Å². The van der Waals surface area contributed by atoms with Gasteiger partial charge in [-0.3, -0.25) is 0 Å². The normalized spacial score (nSPS) is 30.8. The Morgan fingerprint density at radius 2 is 2.29 bits per heavy atom. The summed E-state index contributed by atoms with van der Waals surface area (Å²) < 4.78 is 6.94. The largest absolute Gasteiger partial charge is 0.385 e. The van der Waals surface area contributed by atoms with Crippen molar-refractivity contribution in [1.82, 2.24) is 0 Å². The highest BCUT2D eigenvalue weighted by molar-refractivity contribution is 14.1. The van der Waals surface area contributed by atoms with E-state index in [9.17, 15) is 0 Å². The Balaban J connectivity index is 1.59. The molecule has 92 valence electrons. The molecule has 17 heavy (non-hydrogen) atoms. The van der Waals surface area contributed by atoms with Crippen molar-refractivity contribution in [1.29, 1.82) is 0 Å². The van der Waals surface area contributed by atoms with E-state index in [0.717, 1.165) is 20.8 Å². The Labute approximate surface area is 120 Å². The van der Waals surface area contributed by atoms with Crippen LogP contribution in [0.4, 0.5) is 5.69 Å². The number of anilines is 1. The highest BCUT2D eigenvalue weighted by Gasteiger charge is 2.40. The first-order valence-corrected chi connectivity index (χ1v) is 7.52. The van der Waals surface area contributed by atoms with Gasteiger partial charge in [-0.15, -0.1) is 0 Å². The van der Waals surface area contributed by atoms with Crippen LogP contribution in [0.1, 0.15) is 19.3 Å². The lowest BCUT2D eigenvalue weighted by Gasteiger charge is -2.19. The quantitative estimate of drug-likeness (QED) is 0.822. The van der Waals surface area contributed by atoms with Gasteiger partial charge in [0.15, 0.2) is 0 Å². The minimum atomic E-state index is 0.492. The molecule has 2 fully saturated rings. The zero-order valence-corrected chi connectivity index (χ0v) is 12.4. The third-order valence-electron chi connectivity index (χ3n) is 3.72. The monoisotopic (exact) mass is 363 g/mol. The van der Waals surface area contributed by atoms with E-state index in [1.165, 1.54) is 19.3 Å². The standard InChI is InChI=1S/C13H15ClINO/c14-11-6-9(1-3-12(11)15)16-7-8-5-10-2-4-13(8)17-10/h1,3,6,8,10,13,16H,2,4-5,7H2. The molecule has 0 amide bonds. The van der Waals surface area contributed by atoms with Gasteiger partial charge < -0.3 is 10.1 Å².